The summed E-state index contributed by atoms with van der Waals surface area (Å²) in [4.78, 5) is 11.9. The number of hydrogen-bond acceptors (Lipinski definition) is 5. The van der Waals surface area contributed by atoms with Crippen LogP contribution in [0.4, 0.5) is 13.2 Å². The standard InChI is InChI=1S/C16H13F3O5S/c1-25(21,22)14-5-3-2-4-13(14)15(20)23-10-11-6-8-12(9-7-11)24-16(17,18)19/h2-9H,10H2,1H3. The monoisotopic (exact) mass is 374 g/mol. The van der Waals surface area contributed by atoms with Crippen molar-refractivity contribution in [2.75, 3.05) is 6.26 Å². The molecule has 25 heavy (non-hydrogen) atoms. The molecule has 0 N–H and O–H groups in total. The van der Waals surface area contributed by atoms with E-state index in [2.05, 4.69) is 4.74 Å². The van der Waals surface area contributed by atoms with E-state index in [0.717, 1.165) is 18.4 Å². The van der Waals surface area contributed by atoms with Crippen molar-refractivity contribution < 1.29 is 35.9 Å². The lowest BCUT2D eigenvalue weighted by Gasteiger charge is -2.10. The Kier molecular flexibility index (Phi) is 5.36. The van der Waals surface area contributed by atoms with E-state index in [1.165, 1.54) is 36.4 Å². The highest BCUT2D eigenvalue weighted by Crippen LogP contribution is 2.23. The molecule has 0 heterocycles. The van der Waals surface area contributed by atoms with Gasteiger partial charge in [-0.1, -0.05) is 24.3 Å². The summed E-state index contributed by atoms with van der Waals surface area (Å²) >= 11 is 0. The van der Waals surface area contributed by atoms with Gasteiger partial charge in [-0.2, -0.15) is 0 Å². The van der Waals surface area contributed by atoms with Crippen molar-refractivity contribution in [3.63, 3.8) is 0 Å². The van der Waals surface area contributed by atoms with Gasteiger partial charge < -0.3 is 9.47 Å². The van der Waals surface area contributed by atoms with E-state index in [0.29, 0.717) is 5.56 Å². The third-order valence-corrected chi connectivity index (χ3v) is 4.19. The largest absolute Gasteiger partial charge is 0.573 e. The second-order valence-corrected chi connectivity index (χ2v) is 7.02. The summed E-state index contributed by atoms with van der Waals surface area (Å²) in [5.41, 5.74) is 0.307. The van der Waals surface area contributed by atoms with Gasteiger partial charge in [-0.05, 0) is 29.8 Å². The lowest BCUT2D eigenvalue weighted by molar-refractivity contribution is -0.274. The fraction of sp³-hybridized carbons (Fsp3) is 0.188. The summed E-state index contributed by atoms with van der Waals surface area (Å²) < 4.78 is 68.3. The molecule has 0 spiro atoms. The molecule has 0 saturated heterocycles. The number of rotatable bonds is 5. The number of halogens is 3. The molecule has 0 aliphatic heterocycles. The van der Waals surface area contributed by atoms with Crippen LogP contribution in [0.2, 0.25) is 0 Å². The Hall–Kier alpha value is -2.55. The van der Waals surface area contributed by atoms with Gasteiger partial charge in [0.05, 0.1) is 10.5 Å². The number of sulfone groups is 1. The van der Waals surface area contributed by atoms with Gasteiger partial charge in [-0.25, -0.2) is 13.2 Å². The molecule has 0 fully saturated rings. The Morgan fingerprint density at radius 3 is 2.20 bits per heavy atom. The Balaban J connectivity index is 2.06. The zero-order valence-electron chi connectivity index (χ0n) is 12.9. The predicted octanol–water partition coefficient (Wildman–Crippen LogP) is 3.35. The fourth-order valence-electron chi connectivity index (χ4n) is 1.97. The van der Waals surface area contributed by atoms with Crippen molar-refractivity contribution in [3.8, 4) is 5.75 Å². The van der Waals surface area contributed by atoms with E-state index in [1.807, 2.05) is 0 Å². The smallest absolute Gasteiger partial charge is 0.457 e. The van der Waals surface area contributed by atoms with Gasteiger partial charge in [-0.15, -0.1) is 13.2 Å². The fourth-order valence-corrected chi connectivity index (χ4v) is 2.85. The molecule has 0 bridgehead atoms. The van der Waals surface area contributed by atoms with Crippen LogP contribution < -0.4 is 4.74 Å². The van der Waals surface area contributed by atoms with E-state index in [-0.39, 0.29) is 17.1 Å². The average molecular weight is 374 g/mol. The van der Waals surface area contributed by atoms with Gasteiger partial charge >= 0.3 is 12.3 Å². The number of alkyl halides is 3. The Bertz CT molecular complexity index is 858. The number of esters is 1. The molecule has 0 radical (unpaired) electrons. The first-order valence-corrected chi connectivity index (χ1v) is 8.76. The molecule has 2 rings (SSSR count). The van der Waals surface area contributed by atoms with Crippen LogP contribution in [0.1, 0.15) is 15.9 Å². The zero-order valence-corrected chi connectivity index (χ0v) is 13.7. The van der Waals surface area contributed by atoms with Crippen LogP contribution in [0.5, 0.6) is 5.75 Å². The van der Waals surface area contributed by atoms with Crippen molar-refractivity contribution in [1.82, 2.24) is 0 Å². The molecular weight excluding hydrogens is 361 g/mol. The first-order valence-electron chi connectivity index (χ1n) is 6.87. The van der Waals surface area contributed by atoms with Crippen LogP contribution in [0.3, 0.4) is 0 Å². The molecule has 0 unspecified atom stereocenters. The maximum absolute atomic E-state index is 12.1. The highest BCUT2D eigenvalue weighted by Gasteiger charge is 2.31. The minimum Gasteiger partial charge on any atom is -0.457 e. The summed E-state index contributed by atoms with van der Waals surface area (Å²) in [5.74, 6) is -1.25. The van der Waals surface area contributed by atoms with E-state index < -0.39 is 27.9 Å². The number of benzene rings is 2. The zero-order chi connectivity index (χ0) is 18.7. The molecule has 134 valence electrons. The first-order chi connectivity index (χ1) is 11.6. The van der Waals surface area contributed by atoms with Crippen LogP contribution in [0.25, 0.3) is 0 Å². The second kappa shape index (κ2) is 7.14. The molecule has 0 aromatic heterocycles. The Labute approximate surface area is 141 Å². The lowest BCUT2D eigenvalue weighted by atomic mass is 10.2. The van der Waals surface area contributed by atoms with Crippen LogP contribution in [0, 0.1) is 0 Å². The van der Waals surface area contributed by atoms with Crippen molar-refractivity contribution in [3.05, 3.63) is 59.7 Å². The maximum atomic E-state index is 12.1. The van der Waals surface area contributed by atoms with E-state index in [4.69, 9.17) is 4.74 Å². The minimum absolute atomic E-state index is 0.109. The number of ether oxygens (including phenoxy) is 2. The van der Waals surface area contributed by atoms with E-state index in [9.17, 15) is 26.4 Å². The third kappa shape index (κ3) is 5.49. The van der Waals surface area contributed by atoms with Crippen molar-refractivity contribution in [2.45, 2.75) is 17.9 Å². The molecule has 0 atom stereocenters. The molecule has 2 aromatic carbocycles. The SMILES string of the molecule is CS(=O)(=O)c1ccccc1C(=O)OCc1ccc(OC(F)(F)F)cc1. The molecule has 9 heteroatoms. The molecule has 0 aliphatic rings. The highest BCUT2D eigenvalue weighted by molar-refractivity contribution is 7.90. The number of carbonyl (C=O) groups is 1. The van der Waals surface area contributed by atoms with Gasteiger partial charge in [0.1, 0.15) is 12.4 Å². The third-order valence-electron chi connectivity index (χ3n) is 3.03. The number of hydrogen-bond donors (Lipinski definition) is 0. The van der Waals surface area contributed by atoms with Gasteiger partial charge in [0.15, 0.2) is 9.84 Å². The second-order valence-electron chi connectivity index (χ2n) is 5.04. The molecular formula is C16H13F3O5S. The van der Waals surface area contributed by atoms with E-state index in [1.54, 1.807) is 0 Å². The summed E-state index contributed by atoms with van der Waals surface area (Å²) in [7, 11) is -3.61. The number of carbonyl (C=O) groups excluding carboxylic acids is 1. The van der Waals surface area contributed by atoms with Gasteiger partial charge in [-0.3, -0.25) is 0 Å². The first kappa shape index (κ1) is 18.8. The molecule has 0 amide bonds. The Morgan fingerprint density at radius 1 is 1.04 bits per heavy atom. The molecule has 5 nitrogen and oxygen atoms in total. The van der Waals surface area contributed by atoms with Crippen molar-refractivity contribution in [1.29, 1.82) is 0 Å². The van der Waals surface area contributed by atoms with Gasteiger partial charge in [0.2, 0.25) is 0 Å². The van der Waals surface area contributed by atoms with Gasteiger partial charge in [0.25, 0.3) is 0 Å². The maximum Gasteiger partial charge on any atom is 0.573 e. The van der Waals surface area contributed by atoms with Crippen LogP contribution in [-0.2, 0) is 21.2 Å². The lowest BCUT2D eigenvalue weighted by Crippen LogP contribution is -2.17. The van der Waals surface area contributed by atoms with Gasteiger partial charge in [0, 0.05) is 6.26 Å². The summed E-state index contributed by atoms with van der Waals surface area (Å²) in [6.07, 6.45) is -3.82. The van der Waals surface area contributed by atoms with Crippen LogP contribution >= 0.6 is 0 Å². The topological polar surface area (TPSA) is 69.7 Å². The van der Waals surface area contributed by atoms with Crippen molar-refractivity contribution >= 4 is 15.8 Å². The van der Waals surface area contributed by atoms with Crippen molar-refractivity contribution in [2.24, 2.45) is 0 Å². The van der Waals surface area contributed by atoms with E-state index >= 15 is 0 Å². The quantitative estimate of drug-likeness (QED) is 0.751. The molecule has 2 aromatic rings. The highest BCUT2D eigenvalue weighted by atomic mass is 32.2. The van der Waals surface area contributed by atoms with Crippen LogP contribution in [0.15, 0.2) is 53.4 Å². The minimum atomic E-state index is -4.79. The summed E-state index contributed by atoms with van der Waals surface area (Å²) in [6.45, 7) is -0.233. The average Bonchev–Trinajstić information content (AvgIpc) is 2.51. The molecule has 0 saturated carbocycles. The Morgan fingerprint density at radius 2 is 1.64 bits per heavy atom. The molecule has 0 aliphatic carbocycles. The van der Waals surface area contributed by atoms with Crippen LogP contribution in [-0.4, -0.2) is 27.0 Å². The summed E-state index contributed by atoms with van der Waals surface area (Å²) in [5, 5.41) is 0. The summed E-state index contributed by atoms with van der Waals surface area (Å²) in [6, 6.07) is 10.4. The predicted molar refractivity (Wildman–Crippen MR) is 81.8 cm³/mol. The normalized spacial score (nSPS) is 11.8.